The number of hydrogen-bond acceptors (Lipinski definition) is 2. The predicted molar refractivity (Wildman–Crippen MR) is 231 cm³/mol. The summed E-state index contributed by atoms with van der Waals surface area (Å²) in [4.78, 5) is 2.43. The van der Waals surface area contributed by atoms with Gasteiger partial charge in [-0.25, -0.2) is 0 Å². The number of hydrogen-bond donors (Lipinski definition) is 0. The number of para-hydroxylation sites is 4. The van der Waals surface area contributed by atoms with E-state index in [1.165, 1.54) is 27.2 Å². The first kappa shape index (κ1) is 31.2. The molecule has 0 saturated carbocycles. The van der Waals surface area contributed by atoms with Crippen LogP contribution in [-0.4, -0.2) is 4.57 Å². The maximum absolute atomic E-state index is 6.56. The van der Waals surface area contributed by atoms with E-state index in [0.29, 0.717) is 0 Å². The van der Waals surface area contributed by atoms with Gasteiger partial charge < -0.3 is 13.9 Å². The van der Waals surface area contributed by atoms with Crippen LogP contribution in [0.15, 0.2) is 211 Å². The van der Waals surface area contributed by atoms with Crippen LogP contribution < -0.4 is 4.90 Å². The molecule has 2 aromatic heterocycles. The number of furan rings is 1. The van der Waals surface area contributed by atoms with Crippen LogP contribution in [0.5, 0.6) is 0 Å². The molecule has 9 aromatic carbocycles. The maximum atomic E-state index is 6.56. The Kier molecular flexibility index (Phi) is 7.17. The standard InChI is InChI=1S/C52H34N2O/c1-3-14-36(15-4-1)41-19-9-11-23-47(41)53(49-25-13-22-45-43-21-10-12-24-48(43)54(51(45)49)39-17-5-2-6-18-39)40-30-26-35(27-31-40)38-29-32-44-46-33-28-37-16-7-8-20-42(37)52(46)55-50(44)34-38/h1-34H. The normalized spacial score (nSPS) is 11.6. The number of benzene rings is 9. The molecule has 0 atom stereocenters. The Labute approximate surface area is 318 Å². The van der Waals surface area contributed by atoms with Crippen molar-refractivity contribution in [1.29, 1.82) is 0 Å². The number of aromatic nitrogens is 1. The lowest BCUT2D eigenvalue weighted by Crippen LogP contribution is -2.12. The highest BCUT2D eigenvalue weighted by Crippen LogP contribution is 2.46. The van der Waals surface area contributed by atoms with E-state index >= 15 is 0 Å². The topological polar surface area (TPSA) is 21.3 Å². The van der Waals surface area contributed by atoms with Gasteiger partial charge in [-0.15, -0.1) is 0 Å². The Morgan fingerprint density at radius 2 is 1.05 bits per heavy atom. The summed E-state index contributed by atoms with van der Waals surface area (Å²) in [6.45, 7) is 0. The van der Waals surface area contributed by atoms with Gasteiger partial charge in [0.1, 0.15) is 11.2 Å². The maximum Gasteiger partial charge on any atom is 0.143 e. The van der Waals surface area contributed by atoms with E-state index in [0.717, 1.165) is 72.3 Å². The number of rotatable bonds is 6. The van der Waals surface area contributed by atoms with Gasteiger partial charge in [0.05, 0.1) is 22.4 Å². The fourth-order valence-electron chi connectivity index (χ4n) is 8.45. The molecule has 0 unspecified atom stereocenters. The Hall–Kier alpha value is -7.36. The molecular weight excluding hydrogens is 669 g/mol. The van der Waals surface area contributed by atoms with Gasteiger partial charge >= 0.3 is 0 Å². The molecule has 0 aliphatic carbocycles. The second kappa shape index (κ2) is 12.6. The largest absolute Gasteiger partial charge is 0.455 e. The van der Waals surface area contributed by atoms with Crippen LogP contribution in [0.4, 0.5) is 17.1 Å². The molecule has 11 aromatic rings. The summed E-state index contributed by atoms with van der Waals surface area (Å²) in [5, 5.41) is 7.03. The Balaban J connectivity index is 1.11. The molecule has 0 N–H and O–H groups in total. The minimum absolute atomic E-state index is 0.895. The smallest absolute Gasteiger partial charge is 0.143 e. The van der Waals surface area contributed by atoms with E-state index in [9.17, 15) is 0 Å². The summed E-state index contributed by atoms with van der Waals surface area (Å²) in [6.07, 6.45) is 0. The molecular formula is C52H34N2O. The minimum atomic E-state index is 0.895. The molecule has 0 radical (unpaired) electrons. The van der Waals surface area contributed by atoms with Gasteiger partial charge in [0.25, 0.3) is 0 Å². The van der Waals surface area contributed by atoms with Crippen molar-refractivity contribution in [2.45, 2.75) is 0 Å². The van der Waals surface area contributed by atoms with Crippen molar-refractivity contribution in [1.82, 2.24) is 4.57 Å². The van der Waals surface area contributed by atoms with E-state index in [1.807, 2.05) is 0 Å². The van der Waals surface area contributed by atoms with E-state index < -0.39 is 0 Å². The third-order valence-electron chi connectivity index (χ3n) is 11.0. The molecule has 0 bridgehead atoms. The van der Waals surface area contributed by atoms with Crippen molar-refractivity contribution in [2.24, 2.45) is 0 Å². The van der Waals surface area contributed by atoms with Gasteiger partial charge in [-0.1, -0.05) is 146 Å². The van der Waals surface area contributed by atoms with Gasteiger partial charge in [-0.3, -0.25) is 0 Å². The Bertz CT molecular complexity index is 3190. The van der Waals surface area contributed by atoms with Crippen molar-refractivity contribution in [3.8, 4) is 27.9 Å². The van der Waals surface area contributed by atoms with Crippen LogP contribution >= 0.6 is 0 Å². The van der Waals surface area contributed by atoms with Gasteiger partial charge in [0.2, 0.25) is 0 Å². The lowest BCUT2D eigenvalue weighted by molar-refractivity contribution is 0.673. The summed E-state index contributed by atoms with van der Waals surface area (Å²) in [5.41, 5.74) is 13.1. The van der Waals surface area contributed by atoms with Crippen LogP contribution in [0.3, 0.4) is 0 Å². The molecule has 0 aliphatic rings. The number of nitrogens with zero attached hydrogens (tertiary/aromatic N) is 2. The second-order valence-electron chi connectivity index (χ2n) is 14.1. The summed E-state index contributed by atoms with van der Waals surface area (Å²) in [7, 11) is 0. The third kappa shape index (κ3) is 5.05. The second-order valence-corrected chi connectivity index (χ2v) is 14.1. The van der Waals surface area contributed by atoms with E-state index in [1.54, 1.807) is 0 Å². The summed E-state index contributed by atoms with van der Waals surface area (Å²) in [6, 6.07) is 73.9. The zero-order chi connectivity index (χ0) is 36.3. The Morgan fingerprint density at radius 3 is 1.91 bits per heavy atom. The van der Waals surface area contributed by atoms with Gasteiger partial charge in [-0.2, -0.15) is 0 Å². The summed E-state index contributed by atoms with van der Waals surface area (Å²) in [5.74, 6) is 0. The van der Waals surface area contributed by atoms with E-state index in [2.05, 4.69) is 216 Å². The monoisotopic (exact) mass is 702 g/mol. The highest BCUT2D eigenvalue weighted by molar-refractivity contribution is 6.16. The first-order valence-electron chi connectivity index (χ1n) is 18.8. The number of fused-ring (bicyclic) bond motifs is 8. The van der Waals surface area contributed by atoms with E-state index in [-0.39, 0.29) is 0 Å². The molecule has 0 saturated heterocycles. The van der Waals surface area contributed by atoms with Crippen molar-refractivity contribution in [2.75, 3.05) is 4.90 Å². The first-order chi connectivity index (χ1) is 27.3. The Morgan fingerprint density at radius 1 is 0.400 bits per heavy atom. The molecule has 0 aliphatic heterocycles. The van der Waals surface area contributed by atoms with Gasteiger partial charge in [-0.05, 0) is 82.7 Å². The zero-order valence-electron chi connectivity index (χ0n) is 29.9. The molecule has 11 rings (SSSR count). The van der Waals surface area contributed by atoms with E-state index in [4.69, 9.17) is 4.42 Å². The molecule has 0 amide bonds. The predicted octanol–water partition coefficient (Wildman–Crippen LogP) is 14.6. The number of anilines is 3. The minimum Gasteiger partial charge on any atom is -0.455 e. The molecule has 0 spiro atoms. The average molecular weight is 703 g/mol. The molecule has 3 nitrogen and oxygen atoms in total. The molecule has 258 valence electrons. The third-order valence-corrected chi connectivity index (χ3v) is 11.0. The lowest BCUT2D eigenvalue weighted by Gasteiger charge is -2.29. The van der Waals surface area contributed by atoms with Crippen LogP contribution in [0, 0.1) is 0 Å². The van der Waals surface area contributed by atoms with Crippen LogP contribution in [-0.2, 0) is 0 Å². The lowest BCUT2D eigenvalue weighted by atomic mass is 10.00. The quantitative estimate of drug-likeness (QED) is 0.172. The first-order valence-corrected chi connectivity index (χ1v) is 18.8. The van der Waals surface area contributed by atoms with Crippen molar-refractivity contribution in [3.05, 3.63) is 206 Å². The highest BCUT2D eigenvalue weighted by Gasteiger charge is 2.23. The molecule has 0 fully saturated rings. The summed E-state index contributed by atoms with van der Waals surface area (Å²) < 4.78 is 8.98. The molecule has 2 heterocycles. The van der Waals surface area contributed by atoms with Crippen molar-refractivity contribution in [3.63, 3.8) is 0 Å². The van der Waals surface area contributed by atoms with Crippen LogP contribution in [0.25, 0.3) is 82.5 Å². The van der Waals surface area contributed by atoms with Gasteiger partial charge in [0.15, 0.2) is 0 Å². The SMILES string of the molecule is c1ccc(-c2ccccc2N(c2ccc(-c3ccc4c(c3)oc3c5ccccc5ccc43)cc2)c2cccc3c4ccccc4n(-c4ccccc4)c23)cc1. The van der Waals surface area contributed by atoms with Crippen molar-refractivity contribution >= 4 is 71.6 Å². The average Bonchev–Trinajstić information content (AvgIpc) is 3.81. The zero-order valence-corrected chi connectivity index (χ0v) is 29.9. The summed E-state index contributed by atoms with van der Waals surface area (Å²) >= 11 is 0. The molecule has 3 heteroatoms. The fraction of sp³-hybridized carbons (Fsp3) is 0. The van der Waals surface area contributed by atoms with Crippen molar-refractivity contribution < 1.29 is 4.42 Å². The van der Waals surface area contributed by atoms with Gasteiger partial charge in [0, 0.05) is 43.9 Å². The fourth-order valence-corrected chi connectivity index (χ4v) is 8.45. The molecule has 55 heavy (non-hydrogen) atoms. The highest BCUT2D eigenvalue weighted by atomic mass is 16.3. The van der Waals surface area contributed by atoms with Crippen LogP contribution in [0.2, 0.25) is 0 Å². The van der Waals surface area contributed by atoms with Crippen LogP contribution in [0.1, 0.15) is 0 Å².